The number of hydrogen-bond donors (Lipinski definition) is 0. The van der Waals surface area contributed by atoms with E-state index in [-0.39, 0.29) is 5.91 Å². The fourth-order valence-electron chi connectivity index (χ4n) is 3.97. The highest BCUT2D eigenvalue weighted by molar-refractivity contribution is 5.78. The smallest absolute Gasteiger partial charge is 0.237 e. The first-order valence-electron chi connectivity index (χ1n) is 9.69. The Labute approximate surface area is 161 Å². The molecule has 27 heavy (non-hydrogen) atoms. The third-order valence-corrected chi connectivity index (χ3v) is 5.63. The van der Waals surface area contributed by atoms with Gasteiger partial charge in [0.05, 0.1) is 13.7 Å². The number of carbonyl (C=O) groups excluding carboxylic acids is 1. The zero-order valence-corrected chi connectivity index (χ0v) is 15.9. The molecule has 5 heteroatoms. The van der Waals surface area contributed by atoms with Gasteiger partial charge in [0.15, 0.2) is 0 Å². The third kappa shape index (κ3) is 4.08. The Kier molecular flexibility index (Phi) is 5.30. The summed E-state index contributed by atoms with van der Waals surface area (Å²) in [5.41, 5.74) is 3.86. The summed E-state index contributed by atoms with van der Waals surface area (Å²) < 4.78 is 5.32. The lowest BCUT2D eigenvalue weighted by Crippen LogP contribution is -2.50. The number of nitrogens with zero attached hydrogens (tertiary/aromatic N) is 3. The largest absolute Gasteiger partial charge is 0.497 e. The molecule has 0 aliphatic carbocycles. The molecule has 2 heterocycles. The number of rotatable bonds is 4. The molecular weight excluding hydrogens is 338 g/mol. The molecular formula is C22H27N3O2. The van der Waals surface area contributed by atoms with Crippen molar-refractivity contribution in [1.29, 1.82) is 0 Å². The average Bonchev–Trinajstić information content (AvgIpc) is 2.74. The van der Waals surface area contributed by atoms with E-state index in [4.69, 9.17) is 4.74 Å². The van der Waals surface area contributed by atoms with Crippen LogP contribution in [-0.4, -0.2) is 62.1 Å². The van der Waals surface area contributed by atoms with Crippen LogP contribution in [0.25, 0.3) is 0 Å². The number of benzene rings is 2. The predicted octanol–water partition coefficient (Wildman–Crippen LogP) is 2.40. The van der Waals surface area contributed by atoms with Gasteiger partial charge in [0, 0.05) is 51.0 Å². The number of carbonyl (C=O) groups is 1. The molecule has 2 aliphatic heterocycles. The number of methoxy groups -OCH3 is 1. The maximum atomic E-state index is 12.8. The lowest BCUT2D eigenvalue weighted by Gasteiger charge is -2.37. The number of hydrogen-bond acceptors (Lipinski definition) is 4. The van der Waals surface area contributed by atoms with E-state index >= 15 is 0 Å². The summed E-state index contributed by atoms with van der Waals surface area (Å²) in [5.74, 6) is 1.13. The zero-order chi connectivity index (χ0) is 18.6. The predicted molar refractivity (Wildman–Crippen MR) is 107 cm³/mol. The zero-order valence-electron chi connectivity index (χ0n) is 15.9. The number of amides is 1. The van der Waals surface area contributed by atoms with E-state index < -0.39 is 0 Å². The van der Waals surface area contributed by atoms with Crippen LogP contribution in [0.3, 0.4) is 0 Å². The molecule has 0 aromatic heterocycles. The second-order valence-corrected chi connectivity index (χ2v) is 7.30. The molecule has 0 atom stereocenters. The van der Waals surface area contributed by atoms with Gasteiger partial charge < -0.3 is 14.5 Å². The molecule has 0 radical (unpaired) electrons. The Balaban J connectivity index is 1.30. The first-order chi connectivity index (χ1) is 13.2. The van der Waals surface area contributed by atoms with Crippen LogP contribution in [0.1, 0.15) is 11.1 Å². The summed E-state index contributed by atoms with van der Waals surface area (Å²) in [4.78, 5) is 19.4. The minimum absolute atomic E-state index is 0.249. The van der Waals surface area contributed by atoms with Gasteiger partial charge in [0.2, 0.25) is 5.91 Å². The molecule has 0 saturated carbocycles. The molecule has 0 unspecified atom stereocenters. The molecule has 2 aliphatic rings. The Morgan fingerprint density at radius 1 is 0.963 bits per heavy atom. The lowest BCUT2D eigenvalue weighted by atomic mass is 10.00. The second kappa shape index (κ2) is 8.01. The van der Waals surface area contributed by atoms with Crippen LogP contribution in [0.2, 0.25) is 0 Å². The summed E-state index contributed by atoms with van der Waals surface area (Å²) >= 11 is 0. The molecule has 2 aromatic rings. The molecule has 1 fully saturated rings. The summed E-state index contributed by atoms with van der Waals surface area (Å²) in [5, 5.41) is 0. The molecule has 0 N–H and O–H groups in total. The summed E-state index contributed by atoms with van der Waals surface area (Å²) in [6, 6.07) is 16.6. The van der Waals surface area contributed by atoms with Crippen LogP contribution >= 0.6 is 0 Å². The minimum Gasteiger partial charge on any atom is -0.497 e. The van der Waals surface area contributed by atoms with Crippen LogP contribution in [-0.2, 0) is 17.8 Å². The minimum atomic E-state index is 0.249. The van der Waals surface area contributed by atoms with Crippen molar-refractivity contribution in [3.05, 3.63) is 59.7 Å². The van der Waals surface area contributed by atoms with Crippen molar-refractivity contribution in [1.82, 2.24) is 9.80 Å². The van der Waals surface area contributed by atoms with E-state index in [1.807, 2.05) is 17.0 Å². The molecule has 1 amide bonds. The molecule has 1 saturated heterocycles. The Morgan fingerprint density at radius 2 is 1.74 bits per heavy atom. The lowest BCUT2D eigenvalue weighted by molar-refractivity contribution is -0.133. The van der Waals surface area contributed by atoms with Crippen molar-refractivity contribution in [2.24, 2.45) is 0 Å². The van der Waals surface area contributed by atoms with Gasteiger partial charge in [-0.2, -0.15) is 0 Å². The molecule has 0 bridgehead atoms. The van der Waals surface area contributed by atoms with Gasteiger partial charge in [-0.3, -0.25) is 9.69 Å². The van der Waals surface area contributed by atoms with E-state index in [9.17, 15) is 4.79 Å². The van der Waals surface area contributed by atoms with Crippen molar-refractivity contribution in [3.63, 3.8) is 0 Å². The Bertz CT molecular complexity index is 800. The fraction of sp³-hybridized carbons (Fsp3) is 0.409. The van der Waals surface area contributed by atoms with Gasteiger partial charge in [0.25, 0.3) is 0 Å². The van der Waals surface area contributed by atoms with Crippen LogP contribution in [0.15, 0.2) is 48.5 Å². The van der Waals surface area contributed by atoms with Gasteiger partial charge in [-0.25, -0.2) is 0 Å². The number of fused-ring (bicyclic) bond motifs is 1. The van der Waals surface area contributed by atoms with Gasteiger partial charge in [0.1, 0.15) is 5.75 Å². The van der Waals surface area contributed by atoms with E-state index in [0.717, 1.165) is 51.4 Å². The average molecular weight is 365 g/mol. The summed E-state index contributed by atoms with van der Waals surface area (Å²) in [6.07, 6.45) is 0.964. The highest BCUT2D eigenvalue weighted by Gasteiger charge is 2.24. The third-order valence-electron chi connectivity index (χ3n) is 5.63. The normalized spacial score (nSPS) is 17.5. The SMILES string of the molecule is COc1cccc(N2CCN(CC(=O)N3CCc4ccccc4C3)CC2)c1. The van der Waals surface area contributed by atoms with E-state index in [1.165, 1.54) is 16.8 Å². The molecule has 5 nitrogen and oxygen atoms in total. The van der Waals surface area contributed by atoms with Crippen LogP contribution in [0, 0.1) is 0 Å². The van der Waals surface area contributed by atoms with Crippen molar-refractivity contribution >= 4 is 11.6 Å². The topological polar surface area (TPSA) is 36.0 Å². The Morgan fingerprint density at radius 3 is 2.52 bits per heavy atom. The Hall–Kier alpha value is -2.53. The molecule has 2 aromatic carbocycles. The number of anilines is 1. The van der Waals surface area contributed by atoms with Crippen molar-refractivity contribution < 1.29 is 9.53 Å². The van der Waals surface area contributed by atoms with E-state index in [1.54, 1.807) is 7.11 Å². The maximum absolute atomic E-state index is 12.8. The van der Waals surface area contributed by atoms with Gasteiger partial charge in [-0.05, 0) is 29.7 Å². The number of piperazine rings is 1. The van der Waals surface area contributed by atoms with E-state index in [2.05, 4.69) is 46.2 Å². The van der Waals surface area contributed by atoms with Crippen LogP contribution < -0.4 is 9.64 Å². The monoisotopic (exact) mass is 365 g/mol. The second-order valence-electron chi connectivity index (χ2n) is 7.30. The van der Waals surface area contributed by atoms with E-state index in [0.29, 0.717) is 6.54 Å². The maximum Gasteiger partial charge on any atom is 0.237 e. The highest BCUT2D eigenvalue weighted by Crippen LogP contribution is 2.22. The summed E-state index contributed by atoms with van der Waals surface area (Å²) in [7, 11) is 1.70. The quantitative estimate of drug-likeness (QED) is 0.834. The molecule has 142 valence electrons. The van der Waals surface area contributed by atoms with Gasteiger partial charge in [-0.1, -0.05) is 30.3 Å². The first kappa shape index (κ1) is 17.9. The number of ether oxygens (including phenoxy) is 1. The van der Waals surface area contributed by atoms with Crippen molar-refractivity contribution in [2.45, 2.75) is 13.0 Å². The molecule has 0 spiro atoms. The van der Waals surface area contributed by atoms with Crippen molar-refractivity contribution in [2.75, 3.05) is 51.3 Å². The first-order valence-corrected chi connectivity index (χ1v) is 9.69. The summed E-state index contributed by atoms with van der Waals surface area (Å²) in [6.45, 7) is 5.79. The molecule has 4 rings (SSSR count). The fourth-order valence-corrected chi connectivity index (χ4v) is 3.97. The van der Waals surface area contributed by atoms with Crippen LogP contribution in [0.5, 0.6) is 5.75 Å². The van der Waals surface area contributed by atoms with Crippen LogP contribution in [0.4, 0.5) is 5.69 Å². The van der Waals surface area contributed by atoms with Crippen molar-refractivity contribution in [3.8, 4) is 5.75 Å². The van der Waals surface area contributed by atoms with Gasteiger partial charge in [-0.15, -0.1) is 0 Å². The standard InChI is InChI=1S/C22H27N3O2/c1-27-21-8-4-7-20(15-21)24-13-11-23(12-14-24)17-22(26)25-10-9-18-5-2-3-6-19(18)16-25/h2-8,15H,9-14,16-17H2,1H3. The highest BCUT2D eigenvalue weighted by atomic mass is 16.5. The van der Waals surface area contributed by atoms with Gasteiger partial charge >= 0.3 is 0 Å².